The molecule has 1 atom stereocenters. The lowest BCUT2D eigenvalue weighted by molar-refractivity contribution is -0.164. The van der Waals surface area contributed by atoms with Gasteiger partial charge in [0, 0.05) is 12.0 Å². The molecule has 0 aromatic rings. The number of rotatable bonds is 3. The molecule has 1 heterocycles. The van der Waals surface area contributed by atoms with E-state index in [0.717, 1.165) is 0 Å². The molecule has 0 bridgehead atoms. The maximum Gasteiger partial charge on any atom is 0.408 e. The molecule has 2 aliphatic rings. The molecule has 1 amide bonds. The molecule has 0 aromatic carbocycles. The summed E-state index contributed by atoms with van der Waals surface area (Å²) in [4.78, 5) is 23.9. The van der Waals surface area contributed by atoms with E-state index in [9.17, 15) is 9.59 Å². The number of hydrogen-bond donors (Lipinski definition) is 1. The molecule has 1 aliphatic heterocycles. The van der Waals surface area contributed by atoms with E-state index >= 15 is 0 Å². The first kappa shape index (κ1) is 16.8. The summed E-state index contributed by atoms with van der Waals surface area (Å²) >= 11 is 0. The van der Waals surface area contributed by atoms with Crippen molar-refractivity contribution in [1.29, 1.82) is 0 Å². The summed E-state index contributed by atoms with van der Waals surface area (Å²) in [5.41, 5.74) is -0.175. The van der Waals surface area contributed by atoms with Gasteiger partial charge >= 0.3 is 12.1 Å². The second kappa shape index (κ2) is 6.26. The SMILES string of the molecule is CCOC(=O)C1=C[C@H](NC(=O)OC(C)(C)C)C2(C1)OCCO2. The molecule has 0 saturated carbocycles. The van der Waals surface area contributed by atoms with Gasteiger partial charge in [-0.15, -0.1) is 0 Å². The smallest absolute Gasteiger partial charge is 0.408 e. The Bertz CT molecular complexity index is 473. The first-order valence-corrected chi connectivity index (χ1v) is 7.41. The number of hydrogen-bond acceptors (Lipinski definition) is 6. The van der Waals surface area contributed by atoms with Crippen LogP contribution in [0, 0.1) is 0 Å². The summed E-state index contributed by atoms with van der Waals surface area (Å²) < 4.78 is 21.5. The second-order valence-electron chi connectivity index (χ2n) is 6.22. The normalized spacial score (nSPS) is 23.3. The monoisotopic (exact) mass is 313 g/mol. The quantitative estimate of drug-likeness (QED) is 0.795. The minimum absolute atomic E-state index is 0.242. The van der Waals surface area contributed by atoms with Crippen molar-refractivity contribution in [2.24, 2.45) is 0 Å². The minimum Gasteiger partial charge on any atom is -0.463 e. The van der Waals surface area contributed by atoms with Crippen molar-refractivity contribution >= 4 is 12.1 Å². The maximum atomic E-state index is 12.0. The van der Waals surface area contributed by atoms with Crippen LogP contribution in [0.15, 0.2) is 11.6 Å². The van der Waals surface area contributed by atoms with Crippen LogP contribution in [0.3, 0.4) is 0 Å². The van der Waals surface area contributed by atoms with Gasteiger partial charge in [0.1, 0.15) is 11.6 Å². The molecule has 2 rings (SSSR count). The molecule has 7 nitrogen and oxygen atoms in total. The van der Waals surface area contributed by atoms with Gasteiger partial charge in [-0.3, -0.25) is 0 Å². The van der Waals surface area contributed by atoms with Gasteiger partial charge in [-0.2, -0.15) is 0 Å². The van der Waals surface area contributed by atoms with Crippen LogP contribution in [0.25, 0.3) is 0 Å². The summed E-state index contributed by atoms with van der Waals surface area (Å²) in [6.45, 7) is 8.18. The van der Waals surface area contributed by atoms with Crippen LogP contribution in [-0.2, 0) is 23.7 Å². The number of carbonyl (C=O) groups is 2. The summed E-state index contributed by atoms with van der Waals surface area (Å²) in [6.07, 6.45) is 1.27. The molecule has 1 spiro atoms. The van der Waals surface area contributed by atoms with Crippen molar-refractivity contribution in [2.45, 2.75) is 51.5 Å². The molecule has 1 saturated heterocycles. The van der Waals surface area contributed by atoms with Gasteiger partial charge in [-0.1, -0.05) is 0 Å². The Labute approximate surface area is 129 Å². The van der Waals surface area contributed by atoms with Crippen LogP contribution in [0.4, 0.5) is 4.79 Å². The van der Waals surface area contributed by atoms with E-state index in [2.05, 4.69) is 5.32 Å². The third-order valence-corrected chi connectivity index (χ3v) is 3.26. The van der Waals surface area contributed by atoms with Gasteiger partial charge < -0.3 is 24.3 Å². The van der Waals surface area contributed by atoms with Crippen molar-refractivity contribution in [3.05, 3.63) is 11.6 Å². The molecule has 0 radical (unpaired) electrons. The predicted molar refractivity (Wildman–Crippen MR) is 77.1 cm³/mol. The number of amides is 1. The van der Waals surface area contributed by atoms with Crippen LogP contribution in [0.2, 0.25) is 0 Å². The molecule has 0 aromatic heterocycles. The summed E-state index contributed by atoms with van der Waals surface area (Å²) in [6, 6.07) is -0.593. The van der Waals surface area contributed by atoms with Crippen molar-refractivity contribution < 1.29 is 28.5 Å². The van der Waals surface area contributed by atoms with E-state index in [0.29, 0.717) is 18.8 Å². The van der Waals surface area contributed by atoms with Gasteiger partial charge in [-0.25, -0.2) is 9.59 Å². The van der Waals surface area contributed by atoms with E-state index in [1.807, 2.05) is 0 Å². The Morgan fingerprint density at radius 2 is 2.00 bits per heavy atom. The number of nitrogens with one attached hydrogen (secondary N) is 1. The molecule has 1 N–H and O–H groups in total. The van der Waals surface area contributed by atoms with Crippen LogP contribution >= 0.6 is 0 Å². The van der Waals surface area contributed by atoms with Crippen LogP contribution in [0.5, 0.6) is 0 Å². The fourth-order valence-corrected chi connectivity index (χ4v) is 2.46. The lowest BCUT2D eigenvalue weighted by atomic mass is 10.1. The second-order valence-corrected chi connectivity index (χ2v) is 6.22. The van der Waals surface area contributed by atoms with Gasteiger partial charge in [0.05, 0.1) is 19.8 Å². The Morgan fingerprint density at radius 3 is 2.55 bits per heavy atom. The topological polar surface area (TPSA) is 83.1 Å². The molecule has 0 unspecified atom stereocenters. The summed E-state index contributed by atoms with van der Waals surface area (Å²) in [5, 5.41) is 2.70. The third-order valence-electron chi connectivity index (χ3n) is 3.26. The van der Waals surface area contributed by atoms with E-state index in [1.165, 1.54) is 0 Å². The zero-order chi connectivity index (χ0) is 16.4. The Hall–Kier alpha value is -1.60. The maximum absolute atomic E-state index is 12.0. The average Bonchev–Trinajstić information content (AvgIpc) is 2.97. The molecule has 1 fully saturated rings. The molecule has 1 aliphatic carbocycles. The molecule has 124 valence electrons. The highest BCUT2D eigenvalue weighted by Crippen LogP contribution is 2.37. The van der Waals surface area contributed by atoms with E-state index in [1.54, 1.807) is 33.8 Å². The van der Waals surface area contributed by atoms with Crippen molar-refractivity contribution in [3.8, 4) is 0 Å². The van der Waals surface area contributed by atoms with Gasteiger partial charge in [0.2, 0.25) is 0 Å². The van der Waals surface area contributed by atoms with Crippen molar-refractivity contribution in [2.75, 3.05) is 19.8 Å². The van der Waals surface area contributed by atoms with Crippen LogP contribution in [0.1, 0.15) is 34.1 Å². The fourth-order valence-electron chi connectivity index (χ4n) is 2.46. The first-order chi connectivity index (χ1) is 10.3. The van der Waals surface area contributed by atoms with Gasteiger partial charge in [0.25, 0.3) is 0 Å². The largest absolute Gasteiger partial charge is 0.463 e. The molecule has 7 heteroatoms. The highest BCUT2D eigenvalue weighted by Gasteiger charge is 2.50. The fraction of sp³-hybridized carbons (Fsp3) is 0.733. The molecular weight excluding hydrogens is 290 g/mol. The lowest BCUT2D eigenvalue weighted by Crippen LogP contribution is -2.51. The van der Waals surface area contributed by atoms with E-state index in [-0.39, 0.29) is 13.0 Å². The Kier molecular flexibility index (Phi) is 4.77. The van der Waals surface area contributed by atoms with Gasteiger partial charge in [-0.05, 0) is 33.8 Å². The Morgan fingerprint density at radius 1 is 1.36 bits per heavy atom. The highest BCUT2D eigenvalue weighted by molar-refractivity contribution is 5.89. The average molecular weight is 313 g/mol. The first-order valence-electron chi connectivity index (χ1n) is 7.41. The number of esters is 1. The van der Waals surface area contributed by atoms with Crippen LogP contribution in [-0.4, -0.2) is 49.3 Å². The summed E-state index contributed by atoms with van der Waals surface area (Å²) in [7, 11) is 0. The van der Waals surface area contributed by atoms with Crippen molar-refractivity contribution in [1.82, 2.24) is 5.32 Å². The van der Waals surface area contributed by atoms with E-state index in [4.69, 9.17) is 18.9 Å². The van der Waals surface area contributed by atoms with Crippen LogP contribution < -0.4 is 5.32 Å². The third kappa shape index (κ3) is 3.78. The number of carbonyl (C=O) groups excluding carboxylic acids is 2. The standard InChI is InChI=1S/C15H23NO6/c1-5-19-12(17)10-8-11(15(9-10)20-6-7-21-15)16-13(18)22-14(2,3)4/h8,11H,5-7,9H2,1-4H3,(H,16,18)/t11-/m0/s1. The highest BCUT2D eigenvalue weighted by atomic mass is 16.7. The zero-order valence-corrected chi connectivity index (χ0v) is 13.4. The zero-order valence-electron chi connectivity index (χ0n) is 13.4. The van der Waals surface area contributed by atoms with E-state index < -0.39 is 29.5 Å². The molecule has 22 heavy (non-hydrogen) atoms. The minimum atomic E-state index is -1.04. The molecular formula is C15H23NO6. The summed E-state index contributed by atoms with van der Waals surface area (Å²) in [5.74, 6) is -1.46. The van der Waals surface area contributed by atoms with Crippen molar-refractivity contribution in [3.63, 3.8) is 0 Å². The van der Waals surface area contributed by atoms with Gasteiger partial charge in [0.15, 0.2) is 5.79 Å². The predicted octanol–water partition coefficient (Wildman–Crippen LogP) is 1.52. The Balaban J connectivity index is 2.10. The number of ether oxygens (including phenoxy) is 4. The lowest BCUT2D eigenvalue weighted by Gasteiger charge is -2.30. The number of alkyl carbamates (subject to hydrolysis) is 1.